The summed E-state index contributed by atoms with van der Waals surface area (Å²) in [4.78, 5) is 16.9. The summed E-state index contributed by atoms with van der Waals surface area (Å²) in [5.41, 5.74) is 1.72. The molecule has 1 aromatic heterocycles. The number of ether oxygens (including phenoxy) is 2. The predicted octanol–water partition coefficient (Wildman–Crippen LogP) is 4.16. The first kappa shape index (κ1) is 16.1. The van der Waals surface area contributed by atoms with Crippen molar-refractivity contribution in [2.24, 2.45) is 0 Å². The molecule has 1 heterocycles. The van der Waals surface area contributed by atoms with Gasteiger partial charge in [0.15, 0.2) is 11.5 Å². The number of halogens is 1. The second-order valence-corrected chi connectivity index (χ2v) is 5.42. The zero-order valence-corrected chi connectivity index (χ0v) is 13.9. The van der Waals surface area contributed by atoms with Gasteiger partial charge in [0.2, 0.25) is 0 Å². The number of carbonyl (C=O) groups excluding carboxylic acids is 1. The number of pyridine rings is 1. The first-order valence-electron chi connectivity index (χ1n) is 7.20. The minimum atomic E-state index is -0.275. The highest BCUT2D eigenvalue weighted by atomic mass is 35.5. The van der Waals surface area contributed by atoms with Gasteiger partial charge >= 0.3 is 0 Å². The molecule has 1 amide bonds. The molecule has 2 aromatic carbocycles. The zero-order valence-electron chi connectivity index (χ0n) is 13.2. The summed E-state index contributed by atoms with van der Waals surface area (Å²) in [7, 11) is 3.04. The fourth-order valence-corrected chi connectivity index (χ4v) is 2.64. The van der Waals surface area contributed by atoms with Crippen molar-refractivity contribution in [3.63, 3.8) is 0 Å². The first-order valence-corrected chi connectivity index (χ1v) is 7.58. The third-order valence-electron chi connectivity index (χ3n) is 3.61. The van der Waals surface area contributed by atoms with Gasteiger partial charge in [-0.25, -0.2) is 0 Å². The minimum absolute atomic E-state index is 0.275. The van der Waals surface area contributed by atoms with Crippen LogP contribution in [0, 0.1) is 0 Å². The van der Waals surface area contributed by atoms with Crippen molar-refractivity contribution in [1.82, 2.24) is 4.98 Å². The predicted molar refractivity (Wildman–Crippen MR) is 94.3 cm³/mol. The van der Waals surface area contributed by atoms with Crippen LogP contribution in [0.15, 0.2) is 48.7 Å². The Bertz CT molecular complexity index is 907. The number of hydrogen-bond acceptors (Lipinski definition) is 4. The number of amides is 1. The highest BCUT2D eigenvalue weighted by Crippen LogP contribution is 2.36. The molecule has 122 valence electrons. The summed E-state index contributed by atoms with van der Waals surface area (Å²) in [5, 5.41) is 3.94. The maximum absolute atomic E-state index is 12.7. The van der Waals surface area contributed by atoms with Gasteiger partial charge in [0.05, 0.1) is 30.4 Å². The van der Waals surface area contributed by atoms with Crippen LogP contribution in [0.5, 0.6) is 11.5 Å². The van der Waals surface area contributed by atoms with E-state index in [1.165, 1.54) is 14.2 Å². The van der Waals surface area contributed by atoms with Crippen LogP contribution in [0.1, 0.15) is 10.4 Å². The fourth-order valence-electron chi connectivity index (χ4n) is 2.44. The smallest absolute Gasteiger partial charge is 0.256 e. The number of carbonyl (C=O) groups is 1. The SMILES string of the molecule is COc1cc(Cl)c(NC(=O)c2cccc3ncccc23)cc1OC. The van der Waals surface area contributed by atoms with Gasteiger partial charge in [0, 0.05) is 29.3 Å². The number of aromatic nitrogens is 1. The number of nitrogens with zero attached hydrogens (tertiary/aromatic N) is 1. The Morgan fingerprint density at radius 2 is 1.83 bits per heavy atom. The molecule has 0 aliphatic heterocycles. The van der Waals surface area contributed by atoms with Crippen molar-refractivity contribution >= 4 is 34.1 Å². The maximum Gasteiger partial charge on any atom is 0.256 e. The lowest BCUT2D eigenvalue weighted by atomic mass is 10.1. The Balaban J connectivity index is 1.97. The third kappa shape index (κ3) is 2.98. The second-order valence-electron chi connectivity index (χ2n) is 5.02. The number of anilines is 1. The normalized spacial score (nSPS) is 10.5. The Hall–Kier alpha value is -2.79. The quantitative estimate of drug-likeness (QED) is 0.773. The highest BCUT2D eigenvalue weighted by molar-refractivity contribution is 6.34. The Morgan fingerprint density at radius 1 is 1.08 bits per heavy atom. The highest BCUT2D eigenvalue weighted by Gasteiger charge is 2.15. The molecule has 0 aliphatic carbocycles. The molecule has 0 unspecified atom stereocenters. The van der Waals surface area contributed by atoms with Gasteiger partial charge in [0.1, 0.15) is 0 Å². The average Bonchev–Trinajstić information content (AvgIpc) is 2.62. The van der Waals surface area contributed by atoms with E-state index in [4.69, 9.17) is 21.1 Å². The van der Waals surface area contributed by atoms with Crippen LogP contribution in [-0.2, 0) is 0 Å². The van der Waals surface area contributed by atoms with Crippen molar-refractivity contribution in [2.75, 3.05) is 19.5 Å². The lowest BCUT2D eigenvalue weighted by Gasteiger charge is -2.13. The van der Waals surface area contributed by atoms with Crippen LogP contribution in [0.2, 0.25) is 5.02 Å². The number of rotatable bonds is 4. The molecule has 1 N–H and O–H groups in total. The minimum Gasteiger partial charge on any atom is -0.493 e. The summed E-state index contributed by atoms with van der Waals surface area (Å²) in [6.45, 7) is 0. The molecule has 6 heteroatoms. The van der Waals surface area contributed by atoms with E-state index in [-0.39, 0.29) is 5.91 Å². The van der Waals surface area contributed by atoms with Gasteiger partial charge in [-0.2, -0.15) is 0 Å². The van der Waals surface area contributed by atoms with E-state index in [0.29, 0.717) is 27.8 Å². The molecule has 0 spiro atoms. The van der Waals surface area contributed by atoms with Gasteiger partial charge in [-0.1, -0.05) is 23.7 Å². The van der Waals surface area contributed by atoms with Crippen molar-refractivity contribution < 1.29 is 14.3 Å². The monoisotopic (exact) mass is 342 g/mol. The number of hydrogen-bond donors (Lipinski definition) is 1. The molecule has 24 heavy (non-hydrogen) atoms. The van der Waals surface area contributed by atoms with E-state index in [0.717, 1.165) is 10.9 Å². The van der Waals surface area contributed by atoms with Gasteiger partial charge in [0.25, 0.3) is 5.91 Å². The zero-order chi connectivity index (χ0) is 17.1. The largest absolute Gasteiger partial charge is 0.493 e. The summed E-state index contributed by atoms with van der Waals surface area (Å²) in [6, 6.07) is 12.3. The summed E-state index contributed by atoms with van der Waals surface area (Å²) >= 11 is 6.22. The van der Waals surface area contributed by atoms with Crippen molar-refractivity contribution in [3.05, 3.63) is 59.2 Å². The number of fused-ring (bicyclic) bond motifs is 1. The van der Waals surface area contributed by atoms with Crippen LogP contribution in [-0.4, -0.2) is 25.1 Å². The molecule has 0 atom stereocenters. The van der Waals surface area contributed by atoms with Crippen LogP contribution in [0.25, 0.3) is 10.9 Å². The van der Waals surface area contributed by atoms with E-state index in [2.05, 4.69) is 10.3 Å². The van der Waals surface area contributed by atoms with Gasteiger partial charge in [-0.3, -0.25) is 9.78 Å². The number of methoxy groups -OCH3 is 2. The van der Waals surface area contributed by atoms with E-state index in [1.54, 1.807) is 36.5 Å². The van der Waals surface area contributed by atoms with Crippen LogP contribution in [0.3, 0.4) is 0 Å². The van der Waals surface area contributed by atoms with Crippen molar-refractivity contribution in [2.45, 2.75) is 0 Å². The van der Waals surface area contributed by atoms with E-state index in [1.807, 2.05) is 12.1 Å². The van der Waals surface area contributed by atoms with Crippen molar-refractivity contribution in [1.29, 1.82) is 0 Å². The lowest BCUT2D eigenvalue weighted by molar-refractivity contribution is 0.102. The summed E-state index contributed by atoms with van der Waals surface area (Å²) < 4.78 is 10.4. The maximum atomic E-state index is 12.7. The number of nitrogens with one attached hydrogen (secondary N) is 1. The molecule has 5 nitrogen and oxygen atoms in total. The van der Waals surface area contributed by atoms with Crippen LogP contribution in [0.4, 0.5) is 5.69 Å². The fraction of sp³-hybridized carbons (Fsp3) is 0.111. The topological polar surface area (TPSA) is 60.5 Å². The molecule has 0 bridgehead atoms. The summed E-state index contributed by atoms with van der Waals surface area (Å²) in [6.07, 6.45) is 1.69. The second kappa shape index (κ2) is 6.76. The molecular formula is C18H15ClN2O3. The molecule has 0 saturated carbocycles. The Kier molecular flexibility index (Phi) is 4.53. The van der Waals surface area contributed by atoms with Gasteiger partial charge in [-0.15, -0.1) is 0 Å². The van der Waals surface area contributed by atoms with E-state index in [9.17, 15) is 4.79 Å². The summed E-state index contributed by atoms with van der Waals surface area (Å²) in [5.74, 6) is 0.703. The standard InChI is InChI=1S/C18H15ClN2O3/c1-23-16-9-13(19)15(10-17(16)24-2)21-18(22)12-5-3-7-14-11(12)6-4-8-20-14/h3-10H,1-2H3,(H,21,22). The number of benzene rings is 2. The molecule has 0 aliphatic rings. The average molecular weight is 343 g/mol. The molecule has 3 aromatic rings. The molecule has 0 radical (unpaired) electrons. The van der Waals surface area contributed by atoms with E-state index < -0.39 is 0 Å². The van der Waals surface area contributed by atoms with Crippen molar-refractivity contribution in [3.8, 4) is 11.5 Å². The van der Waals surface area contributed by atoms with Gasteiger partial charge < -0.3 is 14.8 Å². The molecule has 0 fully saturated rings. The lowest BCUT2D eigenvalue weighted by Crippen LogP contribution is -2.13. The molecule has 0 saturated heterocycles. The third-order valence-corrected chi connectivity index (χ3v) is 3.92. The Morgan fingerprint density at radius 3 is 2.58 bits per heavy atom. The van der Waals surface area contributed by atoms with Gasteiger partial charge in [-0.05, 0) is 18.2 Å². The Labute approximate surface area is 144 Å². The first-order chi connectivity index (χ1) is 11.6. The van der Waals surface area contributed by atoms with Crippen LogP contribution < -0.4 is 14.8 Å². The van der Waals surface area contributed by atoms with E-state index >= 15 is 0 Å². The molecule has 3 rings (SSSR count). The van der Waals surface area contributed by atoms with Crippen LogP contribution >= 0.6 is 11.6 Å². The molecular weight excluding hydrogens is 328 g/mol.